The molecule has 1 heterocycles. The molecule has 10 heteroatoms. The maximum atomic E-state index is 13.2. The number of amides is 1. The van der Waals surface area contributed by atoms with Crippen molar-refractivity contribution in [2.24, 2.45) is 11.8 Å². The lowest BCUT2D eigenvalue weighted by molar-refractivity contribution is -0.119. The highest BCUT2D eigenvalue weighted by atomic mass is 32.2. The van der Waals surface area contributed by atoms with Crippen molar-refractivity contribution in [3.05, 3.63) is 24.3 Å². The normalized spacial score (nSPS) is 20.0. The second kappa shape index (κ2) is 9.11. The molecule has 2 aliphatic rings. The van der Waals surface area contributed by atoms with Gasteiger partial charge in [0.1, 0.15) is 4.90 Å². The molecule has 1 amide bonds. The fraction of sp³-hybridized carbons (Fsp3) is 0.632. The van der Waals surface area contributed by atoms with E-state index in [1.165, 1.54) is 10.4 Å². The fourth-order valence-electron chi connectivity index (χ4n) is 3.98. The lowest BCUT2D eigenvalue weighted by atomic mass is 9.99. The average molecular weight is 444 g/mol. The van der Waals surface area contributed by atoms with Gasteiger partial charge >= 0.3 is 0 Å². The minimum absolute atomic E-state index is 0.0520. The van der Waals surface area contributed by atoms with Crippen molar-refractivity contribution < 1.29 is 21.6 Å². The monoisotopic (exact) mass is 443 g/mol. The van der Waals surface area contributed by atoms with Gasteiger partial charge in [0.25, 0.3) is 0 Å². The zero-order valence-corrected chi connectivity index (χ0v) is 18.3. The van der Waals surface area contributed by atoms with Crippen molar-refractivity contribution in [1.29, 1.82) is 0 Å². The molecule has 1 aromatic carbocycles. The Bertz CT molecular complexity index is 932. The van der Waals surface area contributed by atoms with Crippen LogP contribution < -0.4 is 10.0 Å². The number of nitrogens with zero attached hydrogens (tertiary/aromatic N) is 1. The van der Waals surface area contributed by atoms with Gasteiger partial charge in [0.05, 0.1) is 11.9 Å². The minimum atomic E-state index is -3.75. The van der Waals surface area contributed by atoms with E-state index in [0.29, 0.717) is 38.2 Å². The van der Waals surface area contributed by atoms with Crippen LogP contribution in [0.25, 0.3) is 0 Å². The first-order valence-electron chi connectivity index (χ1n) is 10.0. The third-order valence-electron chi connectivity index (χ3n) is 5.70. The summed E-state index contributed by atoms with van der Waals surface area (Å²) in [5.74, 6) is -0.0620. The Labute approximate surface area is 173 Å². The summed E-state index contributed by atoms with van der Waals surface area (Å²) in [5, 5.41) is 2.82. The topological polar surface area (TPSA) is 113 Å². The summed E-state index contributed by atoms with van der Waals surface area (Å²) in [6.07, 6.45) is 6.02. The first-order chi connectivity index (χ1) is 13.7. The first kappa shape index (κ1) is 22.2. The van der Waals surface area contributed by atoms with Gasteiger partial charge < -0.3 is 5.32 Å². The molecule has 1 aromatic rings. The minimum Gasteiger partial charge on any atom is -0.325 e. The Morgan fingerprint density at radius 1 is 1.03 bits per heavy atom. The molecule has 2 fully saturated rings. The largest absolute Gasteiger partial charge is 0.325 e. The molecule has 2 N–H and O–H groups in total. The summed E-state index contributed by atoms with van der Waals surface area (Å²) in [6, 6.07) is 6.52. The van der Waals surface area contributed by atoms with Gasteiger partial charge in [0, 0.05) is 25.6 Å². The Morgan fingerprint density at radius 3 is 2.28 bits per heavy atom. The van der Waals surface area contributed by atoms with Crippen LogP contribution in [0.1, 0.15) is 38.5 Å². The molecule has 1 saturated heterocycles. The molecular formula is C19H29N3O5S2. The van der Waals surface area contributed by atoms with Crippen LogP contribution in [0, 0.1) is 11.8 Å². The van der Waals surface area contributed by atoms with Gasteiger partial charge in [-0.2, -0.15) is 4.31 Å². The van der Waals surface area contributed by atoms with Gasteiger partial charge in [-0.15, -0.1) is 0 Å². The molecule has 0 spiro atoms. The number of para-hydroxylation sites is 1. The maximum Gasteiger partial charge on any atom is 0.245 e. The molecule has 1 saturated carbocycles. The average Bonchev–Trinajstić information content (AvgIpc) is 3.21. The molecule has 3 rings (SSSR count). The predicted molar refractivity (Wildman–Crippen MR) is 111 cm³/mol. The number of hydrogen-bond donors (Lipinski definition) is 2. The number of sulfonamides is 2. The quantitative estimate of drug-likeness (QED) is 0.667. The molecule has 0 aromatic heterocycles. The highest BCUT2D eigenvalue weighted by molar-refractivity contribution is 7.89. The predicted octanol–water partition coefficient (Wildman–Crippen LogP) is 1.77. The SMILES string of the molecule is CS(=O)(=O)NCC1CCN(S(=O)(=O)c2ccccc2NC(=O)C2CCCC2)CC1. The number of carbonyl (C=O) groups excluding carboxylic acids is 1. The van der Waals surface area contributed by atoms with Gasteiger partial charge in [-0.3, -0.25) is 4.79 Å². The van der Waals surface area contributed by atoms with Gasteiger partial charge in [-0.1, -0.05) is 25.0 Å². The van der Waals surface area contributed by atoms with Crippen molar-refractivity contribution >= 4 is 31.6 Å². The number of carbonyl (C=O) groups is 1. The second-order valence-corrected chi connectivity index (χ2v) is 11.7. The Balaban J connectivity index is 1.68. The molecule has 0 bridgehead atoms. The number of benzene rings is 1. The van der Waals surface area contributed by atoms with Gasteiger partial charge in [-0.05, 0) is 43.7 Å². The highest BCUT2D eigenvalue weighted by Gasteiger charge is 2.32. The molecule has 0 radical (unpaired) electrons. The molecular weight excluding hydrogens is 414 g/mol. The lowest BCUT2D eigenvalue weighted by Gasteiger charge is -2.31. The number of anilines is 1. The summed E-state index contributed by atoms with van der Waals surface area (Å²) in [5.41, 5.74) is 0.324. The molecule has 0 atom stereocenters. The second-order valence-electron chi connectivity index (χ2n) is 7.93. The van der Waals surface area contributed by atoms with E-state index in [4.69, 9.17) is 0 Å². The summed E-state index contributed by atoms with van der Waals surface area (Å²) >= 11 is 0. The van der Waals surface area contributed by atoms with Crippen LogP contribution in [0.4, 0.5) is 5.69 Å². The highest BCUT2D eigenvalue weighted by Crippen LogP contribution is 2.30. The van der Waals surface area contributed by atoms with E-state index in [1.54, 1.807) is 18.2 Å². The van der Waals surface area contributed by atoms with Crippen LogP contribution in [0.2, 0.25) is 0 Å². The number of nitrogens with one attached hydrogen (secondary N) is 2. The van der Waals surface area contributed by atoms with Gasteiger partial charge in [0.15, 0.2) is 0 Å². The van der Waals surface area contributed by atoms with Gasteiger partial charge in [-0.25, -0.2) is 21.6 Å². The Hall–Kier alpha value is -1.49. The smallest absolute Gasteiger partial charge is 0.245 e. The van der Waals surface area contributed by atoms with Crippen LogP contribution in [0.5, 0.6) is 0 Å². The van der Waals surface area contributed by atoms with Crippen LogP contribution in [-0.4, -0.2) is 52.9 Å². The van der Waals surface area contributed by atoms with Crippen LogP contribution in [0.3, 0.4) is 0 Å². The van der Waals surface area contributed by atoms with Crippen molar-refractivity contribution in [1.82, 2.24) is 9.03 Å². The molecule has 1 aliphatic carbocycles. The number of piperidine rings is 1. The summed E-state index contributed by atoms with van der Waals surface area (Å²) in [4.78, 5) is 12.6. The first-order valence-corrected chi connectivity index (χ1v) is 13.3. The van der Waals surface area contributed by atoms with Crippen LogP contribution in [-0.2, 0) is 24.8 Å². The van der Waals surface area contributed by atoms with Gasteiger partial charge in [0.2, 0.25) is 26.0 Å². The molecule has 0 unspecified atom stereocenters. The van der Waals surface area contributed by atoms with Crippen LogP contribution >= 0.6 is 0 Å². The molecule has 29 heavy (non-hydrogen) atoms. The lowest BCUT2D eigenvalue weighted by Crippen LogP contribution is -2.41. The summed E-state index contributed by atoms with van der Waals surface area (Å²) < 4.78 is 52.8. The van der Waals surface area contributed by atoms with E-state index in [0.717, 1.165) is 31.9 Å². The molecule has 162 valence electrons. The summed E-state index contributed by atoms with van der Waals surface area (Å²) in [7, 11) is -7.00. The van der Waals surface area contributed by atoms with E-state index in [-0.39, 0.29) is 22.6 Å². The number of rotatable bonds is 7. The Kier molecular flexibility index (Phi) is 6.98. The maximum absolute atomic E-state index is 13.2. The standard InChI is InChI=1S/C19H29N3O5S2/c1-28(24,25)20-14-15-10-12-22(13-11-15)29(26,27)18-9-5-4-8-17(18)21-19(23)16-6-2-3-7-16/h4-5,8-9,15-16,20H,2-3,6-7,10-14H2,1H3,(H,21,23). The molecule has 1 aliphatic heterocycles. The summed E-state index contributed by atoms with van der Waals surface area (Å²) in [6.45, 7) is 0.966. The van der Waals surface area contributed by atoms with E-state index in [2.05, 4.69) is 10.0 Å². The number of hydrogen-bond acceptors (Lipinski definition) is 5. The van der Waals surface area contributed by atoms with E-state index < -0.39 is 20.0 Å². The fourth-order valence-corrected chi connectivity index (χ4v) is 6.14. The van der Waals surface area contributed by atoms with Crippen molar-refractivity contribution in [3.63, 3.8) is 0 Å². The molecule has 8 nitrogen and oxygen atoms in total. The third kappa shape index (κ3) is 5.78. The van der Waals surface area contributed by atoms with E-state index in [1.807, 2.05) is 0 Å². The third-order valence-corrected chi connectivity index (χ3v) is 8.34. The van der Waals surface area contributed by atoms with E-state index >= 15 is 0 Å². The Morgan fingerprint density at radius 2 is 1.66 bits per heavy atom. The van der Waals surface area contributed by atoms with E-state index in [9.17, 15) is 21.6 Å². The zero-order chi connectivity index (χ0) is 21.1. The van der Waals surface area contributed by atoms with Crippen molar-refractivity contribution in [3.8, 4) is 0 Å². The zero-order valence-electron chi connectivity index (χ0n) is 16.6. The van der Waals surface area contributed by atoms with Crippen molar-refractivity contribution in [2.45, 2.75) is 43.4 Å². The van der Waals surface area contributed by atoms with Crippen LogP contribution in [0.15, 0.2) is 29.2 Å². The van der Waals surface area contributed by atoms with Crippen molar-refractivity contribution in [2.75, 3.05) is 31.2 Å².